The van der Waals surface area contributed by atoms with Crippen LogP contribution in [0.1, 0.15) is 30.0 Å². The lowest BCUT2D eigenvalue weighted by atomic mass is 10.0. The van der Waals surface area contributed by atoms with Crippen LogP contribution in [0.25, 0.3) is 0 Å². The van der Waals surface area contributed by atoms with Crippen molar-refractivity contribution in [2.45, 2.75) is 18.9 Å². The zero-order valence-corrected chi connectivity index (χ0v) is 12.1. The number of nitrogens with one attached hydrogen (secondary N) is 1. The number of aliphatic imine (C=N–C) groups is 1. The highest BCUT2D eigenvalue weighted by atomic mass is 79.9. The second kappa shape index (κ2) is 5.40. The number of aromatic amines is 1. The molecule has 2 heterocycles. The molecule has 20 heavy (non-hydrogen) atoms. The lowest BCUT2D eigenvalue weighted by Gasteiger charge is -2.04. The van der Waals surface area contributed by atoms with E-state index in [1.165, 1.54) is 18.2 Å². The summed E-state index contributed by atoms with van der Waals surface area (Å²) < 4.78 is 28.4. The van der Waals surface area contributed by atoms with Crippen molar-refractivity contribution < 1.29 is 13.8 Å². The molecule has 1 atom stereocenters. The first-order valence-corrected chi connectivity index (χ1v) is 7.12. The highest BCUT2D eigenvalue weighted by molar-refractivity contribution is 9.10. The predicted octanol–water partition coefficient (Wildman–Crippen LogP) is 3.87. The van der Waals surface area contributed by atoms with Crippen LogP contribution in [0.5, 0.6) is 0 Å². The minimum absolute atomic E-state index is 0.0103. The van der Waals surface area contributed by atoms with Gasteiger partial charge in [-0.15, -0.1) is 0 Å². The van der Waals surface area contributed by atoms with E-state index in [4.69, 9.17) is 0 Å². The number of rotatable bonds is 2. The molecule has 0 spiro atoms. The van der Waals surface area contributed by atoms with Gasteiger partial charge < -0.3 is 0 Å². The molecule has 102 valence electrons. The molecule has 0 fully saturated rings. The van der Waals surface area contributed by atoms with Gasteiger partial charge in [0.25, 0.3) is 0 Å². The first-order valence-electron chi connectivity index (χ1n) is 6.33. The summed E-state index contributed by atoms with van der Waals surface area (Å²) in [5.41, 5.74) is 1.53. The lowest BCUT2D eigenvalue weighted by molar-refractivity contribution is -0.393. The molecular formula is C15H12BrF2N2+. The molecule has 1 N–H and O–H groups in total. The standard InChI is InChI=1S/C15H11BrF2N2/c16-14-7-4-9(8-19-14)12-5-6-13(20-12)15-10(17)2-1-3-11(15)18/h1-4,7-8,12H,5-6H2/p+1. The third-order valence-electron chi connectivity index (χ3n) is 3.40. The van der Waals surface area contributed by atoms with Gasteiger partial charge in [-0.25, -0.2) is 13.8 Å². The molecule has 5 heteroatoms. The van der Waals surface area contributed by atoms with Crippen LogP contribution < -0.4 is 4.98 Å². The molecule has 2 aromatic rings. The van der Waals surface area contributed by atoms with Crippen molar-refractivity contribution >= 4 is 21.6 Å². The molecule has 3 rings (SSSR count). The van der Waals surface area contributed by atoms with Crippen LogP contribution in [0.3, 0.4) is 0 Å². The van der Waals surface area contributed by atoms with Gasteiger partial charge in [0.1, 0.15) is 11.6 Å². The second-order valence-electron chi connectivity index (χ2n) is 4.70. The van der Waals surface area contributed by atoms with Gasteiger partial charge in [0.2, 0.25) is 4.60 Å². The van der Waals surface area contributed by atoms with E-state index in [2.05, 4.69) is 25.9 Å². The van der Waals surface area contributed by atoms with Crippen molar-refractivity contribution in [2.24, 2.45) is 4.99 Å². The Hall–Kier alpha value is -1.62. The second-order valence-corrected chi connectivity index (χ2v) is 5.55. The monoisotopic (exact) mass is 337 g/mol. The number of aromatic nitrogens is 1. The maximum Gasteiger partial charge on any atom is 0.246 e. The Morgan fingerprint density at radius 3 is 2.55 bits per heavy atom. The topological polar surface area (TPSA) is 26.5 Å². The Bertz CT molecular complexity index is 648. The van der Waals surface area contributed by atoms with Gasteiger partial charge in [-0.3, -0.25) is 4.99 Å². The zero-order chi connectivity index (χ0) is 14.1. The Morgan fingerprint density at radius 1 is 1.15 bits per heavy atom. The van der Waals surface area contributed by atoms with E-state index in [9.17, 15) is 8.78 Å². The summed E-state index contributed by atoms with van der Waals surface area (Å²) >= 11 is 3.33. The summed E-state index contributed by atoms with van der Waals surface area (Å²) in [5, 5.41) is 0. The highest BCUT2D eigenvalue weighted by Crippen LogP contribution is 2.31. The van der Waals surface area contributed by atoms with Gasteiger partial charge in [0.15, 0.2) is 6.20 Å². The minimum atomic E-state index is -0.549. The zero-order valence-electron chi connectivity index (χ0n) is 10.5. The maximum absolute atomic E-state index is 13.8. The van der Waals surface area contributed by atoms with Crippen molar-refractivity contribution in [3.05, 3.63) is 63.9 Å². The van der Waals surface area contributed by atoms with Crippen LogP contribution in [-0.2, 0) is 0 Å². The summed E-state index contributed by atoms with van der Waals surface area (Å²) in [6.45, 7) is 0. The average Bonchev–Trinajstić information content (AvgIpc) is 2.89. The summed E-state index contributed by atoms with van der Waals surface area (Å²) in [5.74, 6) is -1.10. The fourth-order valence-corrected chi connectivity index (χ4v) is 2.67. The van der Waals surface area contributed by atoms with E-state index >= 15 is 0 Å². The Morgan fingerprint density at radius 2 is 1.90 bits per heavy atom. The van der Waals surface area contributed by atoms with Crippen molar-refractivity contribution in [1.82, 2.24) is 0 Å². The molecule has 0 bridgehead atoms. The molecule has 1 aliphatic heterocycles. The lowest BCUT2D eigenvalue weighted by Crippen LogP contribution is -2.06. The van der Waals surface area contributed by atoms with Crippen LogP contribution in [-0.4, -0.2) is 5.71 Å². The number of pyridine rings is 1. The third kappa shape index (κ3) is 2.50. The molecule has 1 aliphatic rings. The molecule has 1 aromatic heterocycles. The normalized spacial score (nSPS) is 18.1. The van der Waals surface area contributed by atoms with E-state index < -0.39 is 11.6 Å². The molecule has 0 radical (unpaired) electrons. The van der Waals surface area contributed by atoms with Crippen molar-refractivity contribution in [2.75, 3.05) is 0 Å². The molecule has 1 aromatic carbocycles. The number of benzene rings is 1. The molecule has 0 saturated heterocycles. The smallest absolute Gasteiger partial charge is 0.246 e. The molecule has 1 unspecified atom stereocenters. The number of hydrogen-bond acceptors (Lipinski definition) is 1. The molecule has 0 amide bonds. The molecule has 2 nitrogen and oxygen atoms in total. The van der Waals surface area contributed by atoms with Gasteiger partial charge in [-0.2, -0.15) is 0 Å². The van der Waals surface area contributed by atoms with Gasteiger partial charge in [-0.1, -0.05) is 6.07 Å². The summed E-state index contributed by atoms with van der Waals surface area (Å²) in [7, 11) is 0. The number of hydrogen-bond donors (Lipinski definition) is 0. The maximum atomic E-state index is 13.8. The van der Waals surface area contributed by atoms with Gasteiger partial charge in [-0.05, 0) is 31.0 Å². The molecule has 0 saturated carbocycles. The van der Waals surface area contributed by atoms with Crippen LogP contribution in [0.2, 0.25) is 0 Å². The summed E-state index contributed by atoms with van der Waals surface area (Å²) in [6.07, 6.45) is 3.20. The van der Waals surface area contributed by atoms with E-state index in [0.717, 1.165) is 16.6 Å². The molecular weight excluding hydrogens is 326 g/mol. The fourth-order valence-electron chi connectivity index (χ4n) is 2.42. The largest absolute Gasteiger partial charge is 0.281 e. The van der Waals surface area contributed by atoms with Crippen LogP contribution in [0.15, 0.2) is 46.1 Å². The van der Waals surface area contributed by atoms with E-state index in [-0.39, 0.29) is 11.6 Å². The summed E-state index contributed by atoms with van der Waals surface area (Å²) in [4.78, 5) is 7.53. The first-order chi connectivity index (χ1) is 9.65. The first kappa shape index (κ1) is 13.4. The Kier molecular flexibility index (Phi) is 3.61. The highest BCUT2D eigenvalue weighted by Gasteiger charge is 2.25. The Balaban J connectivity index is 1.94. The van der Waals surface area contributed by atoms with Crippen molar-refractivity contribution in [3.63, 3.8) is 0 Å². The number of halogens is 3. The predicted molar refractivity (Wildman–Crippen MR) is 75.6 cm³/mol. The van der Waals surface area contributed by atoms with Crippen molar-refractivity contribution in [3.8, 4) is 0 Å². The van der Waals surface area contributed by atoms with Crippen molar-refractivity contribution in [1.29, 1.82) is 0 Å². The fraction of sp³-hybridized carbons (Fsp3) is 0.200. The van der Waals surface area contributed by atoms with E-state index in [1.807, 2.05) is 18.3 Å². The number of nitrogens with zero attached hydrogens (tertiary/aromatic N) is 1. The Labute approximate surface area is 123 Å². The van der Waals surface area contributed by atoms with Crippen LogP contribution in [0, 0.1) is 11.6 Å². The SMILES string of the molecule is Fc1cccc(F)c1C1=NC(c2ccc(Br)[nH+]c2)CC1. The average molecular weight is 338 g/mol. The van der Waals surface area contributed by atoms with Crippen LogP contribution in [0.4, 0.5) is 8.78 Å². The van der Waals surface area contributed by atoms with Gasteiger partial charge in [0.05, 0.1) is 11.6 Å². The van der Waals surface area contributed by atoms with Gasteiger partial charge in [0, 0.05) is 33.3 Å². The van der Waals surface area contributed by atoms with E-state index in [0.29, 0.717) is 12.1 Å². The minimum Gasteiger partial charge on any atom is -0.281 e. The van der Waals surface area contributed by atoms with Gasteiger partial charge >= 0.3 is 0 Å². The third-order valence-corrected chi connectivity index (χ3v) is 3.89. The van der Waals surface area contributed by atoms with E-state index in [1.54, 1.807) is 0 Å². The summed E-state index contributed by atoms with van der Waals surface area (Å²) in [6, 6.07) is 7.70. The quantitative estimate of drug-likeness (QED) is 0.744. The number of H-pyrrole nitrogens is 1. The molecule has 0 aliphatic carbocycles. The van der Waals surface area contributed by atoms with Crippen LogP contribution >= 0.6 is 15.9 Å².